The van der Waals surface area contributed by atoms with Crippen LogP contribution in [-0.4, -0.2) is 33.2 Å². The largest absolute Gasteiger partial charge is 0.418 e. The van der Waals surface area contributed by atoms with E-state index >= 15 is 0 Å². The van der Waals surface area contributed by atoms with E-state index < -0.39 is 22.9 Å². The lowest BCUT2D eigenvalue weighted by Gasteiger charge is -2.16. The summed E-state index contributed by atoms with van der Waals surface area (Å²) in [6.45, 7) is 0. The molecule has 1 heterocycles. The van der Waals surface area contributed by atoms with E-state index in [1.54, 1.807) is 4.90 Å². The molecule has 1 aliphatic heterocycles. The molecular weight excluding hydrogens is 415 g/mol. The maximum atomic E-state index is 13.1. The Hall–Kier alpha value is -2.81. The van der Waals surface area contributed by atoms with Gasteiger partial charge in [0.15, 0.2) is 5.17 Å². The zero-order valence-corrected chi connectivity index (χ0v) is 16.5. The van der Waals surface area contributed by atoms with E-state index in [4.69, 9.17) is 0 Å². The summed E-state index contributed by atoms with van der Waals surface area (Å²) in [7, 11) is 0. The molecule has 1 saturated heterocycles. The number of rotatable bonds is 5. The Morgan fingerprint density at radius 3 is 2.43 bits per heavy atom. The molecule has 0 bridgehead atoms. The average molecular weight is 433 g/mol. The van der Waals surface area contributed by atoms with Gasteiger partial charge in [-0.3, -0.25) is 14.5 Å². The molecule has 1 atom stereocenters. The highest BCUT2D eigenvalue weighted by molar-refractivity contribution is 8.15. The molecule has 1 saturated carbocycles. The van der Waals surface area contributed by atoms with E-state index in [9.17, 15) is 22.8 Å². The van der Waals surface area contributed by atoms with Crippen molar-refractivity contribution in [3.8, 4) is 0 Å². The number of carbonyl (C=O) groups is 2. The molecule has 2 aromatic rings. The van der Waals surface area contributed by atoms with Crippen LogP contribution < -0.4 is 5.32 Å². The van der Waals surface area contributed by atoms with Gasteiger partial charge >= 0.3 is 6.18 Å². The number of anilines is 1. The van der Waals surface area contributed by atoms with Crippen LogP contribution in [0.4, 0.5) is 24.5 Å². The molecule has 0 unspecified atom stereocenters. The number of benzene rings is 2. The summed E-state index contributed by atoms with van der Waals surface area (Å²) in [6, 6.07) is 14.0. The van der Waals surface area contributed by atoms with Crippen LogP contribution >= 0.6 is 11.8 Å². The van der Waals surface area contributed by atoms with Gasteiger partial charge in [0.1, 0.15) is 5.25 Å². The molecule has 2 amide bonds. The summed E-state index contributed by atoms with van der Waals surface area (Å²) in [4.78, 5) is 31.5. The zero-order chi connectivity index (χ0) is 21.3. The van der Waals surface area contributed by atoms with Crippen LogP contribution in [0.25, 0.3) is 0 Å². The van der Waals surface area contributed by atoms with Gasteiger partial charge < -0.3 is 5.32 Å². The molecule has 4 rings (SSSR count). The fourth-order valence-electron chi connectivity index (χ4n) is 3.18. The molecule has 30 heavy (non-hydrogen) atoms. The van der Waals surface area contributed by atoms with Crippen molar-refractivity contribution in [2.45, 2.75) is 36.7 Å². The van der Waals surface area contributed by atoms with E-state index in [2.05, 4.69) is 10.3 Å². The van der Waals surface area contributed by atoms with Crippen LogP contribution in [0, 0.1) is 0 Å². The van der Waals surface area contributed by atoms with Crippen molar-refractivity contribution in [1.82, 2.24) is 4.90 Å². The minimum atomic E-state index is -4.58. The van der Waals surface area contributed by atoms with Gasteiger partial charge in [0.2, 0.25) is 11.8 Å². The van der Waals surface area contributed by atoms with Gasteiger partial charge in [-0.1, -0.05) is 42.1 Å². The lowest BCUT2D eigenvalue weighted by molar-refractivity contribution is -0.137. The highest BCUT2D eigenvalue weighted by Gasteiger charge is 2.46. The first-order valence-electron chi connectivity index (χ1n) is 9.42. The average Bonchev–Trinajstić information content (AvgIpc) is 3.48. The molecule has 1 aliphatic carbocycles. The molecule has 2 aromatic carbocycles. The van der Waals surface area contributed by atoms with Crippen LogP contribution in [-0.2, 0) is 15.8 Å². The number of amidine groups is 1. The van der Waals surface area contributed by atoms with Crippen LogP contribution in [0.3, 0.4) is 0 Å². The molecule has 0 aromatic heterocycles. The van der Waals surface area contributed by atoms with Crippen LogP contribution in [0.15, 0.2) is 59.6 Å². The summed E-state index contributed by atoms with van der Waals surface area (Å²) in [6.07, 6.45) is -3.07. The van der Waals surface area contributed by atoms with Gasteiger partial charge in [-0.15, -0.1) is 0 Å². The SMILES string of the molecule is O=C(C[C@H]1SC(=Nc2ccccc2)N(C2CC2)C1=O)Nc1ccccc1C(F)(F)F. The Kier molecular flexibility index (Phi) is 5.55. The fraction of sp³-hybridized carbons (Fsp3) is 0.286. The van der Waals surface area contributed by atoms with Crippen LogP contribution in [0.2, 0.25) is 0 Å². The second-order valence-corrected chi connectivity index (χ2v) is 8.24. The maximum Gasteiger partial charge on any atom is 0.418 e. The topological polar surface area (TPSA) is 61.8 Å². The first kappa shape index (κ1) is 20.5. The molecule has 2 fully saturated rings. The summed E-state index contributed by atoms with van der Waals surface area (Å²) >= 11 is 1.18. The predicted octanol–water partition coefficient (Wildman–Crippen LogP) is 4.83. The monoisotopic (exact) mass is 433 g/mol. The number of thioether (sulfide) groups is 1. The molecule has 156 valence electrons. The van der Waals surface area contributed by atoms with Crippen molar-refractivity contribution < 1.29 is 22.8 Å². The van der Waals surface area contributed by atoms with Crippen molar-refractivity contribution in [3.05, 3.63) is 60.2 Å². The number of carbonyl (C=O) groups excluding carboxylic acids is 2. The Morgan fingerprint density at radius 1 is 1.10 bits per heavy atom. The Bertz CT molecular complexity index is 990. The van der Waals surface area contributed by atoms with Crippen LogP contribution in [0.5, 0.6) is 0 Å². The minimum Gasteiger partial charge on any atom is -0.325 e. The lowest BCUT2D eigenvalue weighted by Crippen LogP contribution is -2.35. The van der Waals surface area contributed by atoms with Crippen LogP contribution in [0.1, 0.15) is 24.8 Å². The molecule has 2 aliphatic rings. The molecule has 9 heteroatoms. The summed E-state index contributed by atoms with van der Waals surface area (Å²) in [5, 5.41) is 2.12. The fourth-order valence-corrected chi connectivity index (χ4v) is 4.40. The quantitative estimate of drug-likeness (QED) is 0.735. The number of amides is 2. The third-order valence-corrected chi connectivity index (χ3v) is 5.89. The minimum absolute atomic E-state index is 0.0754. The number of hydrogen-bond acceptors (Lipinski definition) is 4. The van der Waals surface area contributed by atoms with E-state index in [1.807, 2.05) is 30.3 Å². The summed E-state index contributed by atoms with van der Waals surface area (Å²) in [5.41, 5.74) is -0.542. The molecular formula is C21H18F3N3O2S. The standard InChI is InChI=1S/C21H18F3N3O2S/c22-21(23,24)15-8-4-5-9-16(15)26-18(28)12-17-19(29)27(14-10-11-14)20(30-17)25-13-6-2-1-3-7-13/h1-9,14,17H,10-12H2,(H,26,28)/t17-/m1/s1. The molecule has 5 nitrogen and oxygen atoms in total. The number of para-hydroxylation sites is 2. The second kappa shape index (κ2) is 8.14. The molecule has 0 spiro atoms. The predicted molar refractivity (Wildman–Crippen MR) is 109 cm³/mol. The molecule has 1 N–H and O–H groups in total. The number of aliphatic imine (C=N–C) groups is 1. The van der Waals surface area contributed by atoms with Gasteiger partial charge in [0.25, 0.3) is 0 Å². The number of alkyl halides is 3. The maximum absolute atomic E-state index is 13.1. The number of nitrogens with one attached hydrogen (secondary N) is 1. The van der Waals surface area contributed by atoms with E-state index in [0.29, 0.717) is 10.9 Å². The third-order valence-electron chi connectivity index (χ3n) is 4.74. The number of hydrogen-bond donors (Lipinski definition) is 1. The van der Waals surface area contributed by atoms with Gasteiger partial charge in [-0.2, -0.15) is 13.2 Å². The first-order chi connectivity index (χ1) is 14.3. The highest BCUT2D eigenvalue weighted by Crippen LogP contribution is 2.40. The number of nitrogens with zero attached hydrogens (tertiary/aromatic N) is 2. The normalized spacial score (nSPS) is 20.6. The van der Waals surface area contributed by atoms with E-state index in [0.717, 1.165) is 18.9 Å². The van der Waals surface area contributed by atoms with Gasteiger partial charge in [0.05, 0.1) is 16.9 Å². The second-order valence-electron chi connectivity index (χ2n) is 7.07. The summed E-state index contributed by atoms with van der Waals surface area (Å²) < 4.78 is 39.4. The van der Waals surface area contributed by atoms with Crippen molar-refractivity contribution in [3.63, 3.8) is 0 Å². The van der Waals surface area contributed by atoms with Crippen molar-refractivity contribution in [2.24, 2.45) is 4.99 Å². The van der Waals surface area contributed by atoms with Crippen molar-refractivity contribution in [2.75, 3.05) is 5.32 Å². The Balaban J connectivity index is 1.49. The molecule has 0 radical (unpaired) electrons. The van der Waals surface area contributed by atoms with E-state index in [1.165, 1.54) is 30.0 Å². The third kappa shape index (κ3) is 4.51. The van der Waals surface area contributed by atoms with Gasteiger partial charge in [-0.05, 0) is 37.1 Å². The lowest BCUT2D eigenvalue weighted by atomic mass is 10.1. The smallest absolute Gasteiger partial charge is 0.325 e. The van der Waals surface area contributed by atoms with Crippen molar-refractivity contribution in [1.29, 1.82) is 0 Å². The Labute approximate surface area is 175 Å². The van der Waals surface area contributed by atoms with Gasteiger partial charge in [-0.25, -0.2) is 4.99 Å². The zero-order valence-electron chi connectivity index (χ0n) is 15.7. The summed E-state index contributed by atoms with van der Waals surface area (Å²) in [5.74, 6) is -0.870. The highest BCUT2D eigenvalue weighted by atomic mass is 32.2. The van der Waals surface area contributed by atoms with Crippen molar-refractivity contribution >= 4 is 40.1 Å². The van der Waals surface area contributed by atoms with E-state index in [-0.39, 0.29) is 24.1 Å². The first-order valence-corrected chi connectivity index (χ1v) is 10.3. The van der Waals surface area contributed by atoms with Gasteiger partial charge in [0, 0.05) is 12.5 Å². The number of halogens is 3. The Morgan fingerprint density at radius 2 is 1.77 bits per heavy atom.